The maximum absolute atomic E-state index is 13.2. The van der Waals surface area contributed by atoms with Crippen molar-refractivity contribution in [1.29, 1.82) is 0 Å². The van der Waals surface area contributed by atoms with E-state index in [4.69, 9.17) is 4.74 Å². The highest BCUT2D eigenvalue weighted by molar-refractivity contribution is 7.17. The van der Waals surface area contributed by atoms with Gasteiger partial charge in [0.25, 0.3) is 0 Å². The number of hydrogen-bond donors (Lipinski definition) is 0. The van der Waals surface area contributed by atoms with Gasteiger partial charge in [-0.1, -0.05) is 12.1 Å². The number of hydrogen-bond acceptors (Lipinski definition) is 5. The fourth-order valence-corrected chi connectivity index (χ4v) is 3.63. The first-order valence-electron chi connectivity index (χ1n) is 7.14. The van der Waals surface area contributed by atoms with E-state index in [9.17, 15) is 4.39 Å². The van der Waals surface area contributed by atoms with E-state index in [-0.39, 0.29) is 5.82 Å². The summed E-state index contributed by atoms with van der Waals surface area (Å²) in [6, 6.07) is 6.56. The molecule has 1 saturated heterocycles. The van der Waals surface area contributed by atoms with Crippen molar-refractivity contribution < 1.29 is 9.13 Å². The molecule has 0 unspecified atom stereocenters. The first-order chi connectivity index (χ1) is 10.8. The Bertz CT molecular complexity index is 797. The molecule has 4 nitrogen and oxygen atoms in total. The zero-order valence-electron chi connectivity index (χ0n) is 11.8. The van der Waals surface area contributed by atoms with Crippen molar-refractivity contribution in [3.63, 3.8) is 0 Å². The third-order valence-corrected chi connectivity index (χ3v) is 4.70. The van der Waals surface area contributed by atoms with Crippen molar-refractivity contribution in [3.8, 4) is 11.1 Å². The number of fused-ring (bicyclic) bond motifs is 1. The Morgan fingerprint density at radius 1 is 1.09 bits per heavy atom. The SMILES string of the molecule is Fc1ccc(-c2csc3ncnc(N4CCOCC4)c23)cc1. The molecule has 1 aromatic carbocycles. The lowest BCUT2D eigenvalue weighted by molar-refractivity contribution is 0.122. The molecule has 0 spiro atoms. The molecule has 1 aliphatic heterocycles. The number of rotatable bonds is 2. The molecule has 0 radical (unpaired) electrons. The molecule has 1 fully saturated rings. The van der Waals surface area contributed by atoms with E-state index in [1.165, 1.54) is 12.1 Å². The van der Waals surface area contributed by atoms with Crippen molar-refractivity contribution in [2.24, 2.45) is 0 Å². The van der Waals surface area contributed by atoms with Gasteiger partial charge < -0.3 is 9.64 Å². The smallest absolute Gasteiger partial charge is 0.141 e. The number of morpholine rings is 1. The highest BCUT2D eigenvalue weighted by Gasteiger charge is 2.19. The van der Waals surface area contributed by atoms with Crippen LogP contribution in [0.4, 0.5) is 10.2 Å². The van der Waals surface area contributed by atoms with Gasteiger partial charge in [0.05, 0.1) is 18.6 Å². The van der Waals surface area contributed by atoms with Gasteiger partial charge in [-0.05, 0) is 17.7 Å². The van der Waals surface area contributed by atoms with E-state index in [2.05, 4.69) is 20.2 Å². The second-order valence-corrected chi connectivity index (χ2v) is 5.99. The van der Waals surface area contributed by atoms with Gasteiger partial charge in [0.2, 0.25) is 0 Å². The zero-order valence-corrected chi connectivity index (χ0v) is 12.6. The highest BCUT2D eigenvalue weighted by atomic mass is 32.1. The standard InChI is InChI=1S/C16H14FN3OS/c17-12-3-1-11(2-4-12)13-9-22-16-14(13)15(18-10-19-16)20-5-7-21-8-6-20/h1-4,9-10H,5-8H2. The van der Waals surface area contributed by atoms with Gasteiger partial charge in [-0.3, -0.25) is 0 Å². The minimum Gasteiger partial charge on any atom is -0.378 e. The Hall–Kier alpha value is -2.05. The lowest BCUT2D eigenvalue weighted by Gasteiger charge is -2.28. The van der Waals surface area contributed by atoms with Crippen LogP contribution in [0.3, 0.4) is 0 Å². The van der Waals surface area contributed by atoms with Crippen molar-refractivity contribution in [2.45, 2.75) is 0 Å². The molecule has 22 heavy (non-hydrogen) atoms. The number of aromatic nitrogens is 2. The van der Waals surface area contributed by atoms with Gasteiger partial charge >= 0.3 is 0 Å². The molecule has 3 aromatic rings. The lowest BCUT2D eigenvalue weighted by Crippen LogP contribution is -2.36. The van der Waals surface area contributed by atoms with Crippen LogP contribution in [0, 0.1) is 5.82 Å². The van der Waals surface area contributed by atoms with Crippen LogP contribution in [0.1, 0.15) is 0 Å². The Morgan fingerprint density at radius 3 is 2.64 bits per heavy atom. The Kier molecular flexibility index (Phi) is 3.48. The molecule has 4 rings (SSSR count). The summed E-state index contributed by atoms with van der Waals surface area (Å²) < 4.78 is 18.6. The van der Waals surface area contributed by atoms with Gasteiger partial charge in [-0.25, -0.2) is 14.4 Å². The van der Waals surface area contributed by atoms with E-state index in [1.54, 1.807) is 29.8 Å². The summed E-state index contributed by atoms with van der Waals surface area (Å²) in [6.07, 6.45) is 1.61. The molecule has 3 heterocycles. The van der Waals surface area contributed by atoms with Crippen LogP contribution >= 0.6 is 11.3 Å². The zero-order chi connectivity index (χ0) is 14.9. The lowest BCUT2D eigenvalue weighted by atomic mass is 10.1. The quantitative estimate of drug-likeness (QED) is 0.727. The number of thiophene rings is 1. The van der Waals surface area contributed by atoms with Crippen LogP contribution in [0.5, 0.6) is 0 Å². The fourth-order valence-electron chi connectivity index (χ4n) is 2.72. The molecule has 0 saturated carbocycles. The van der Waals surface area contributed by atoms with Gasteiger partial charge in [0.1, 0.15) is 22.8 Å². The molecule has 0 amide bonds. The number of ether oxygens (including phenoxy) is 1. The monoisotopic (exact) mass is 315 g/mol. The Balaban J connectivity index is 1.87. The van der Waals surface area contributed by atoms with Crippen molar-refractivity contribution in [2.75, 3.05) is 31.2 Å². The number of nitrogens with zero attached hydrogens (tertiary/aromatic N) is 3. The second kappa shape index (κ2) is 5.62. The topological polar surface area (TPSA) is 38.2 Å². The molecule has 0 atom stereocenters. The van der Waals surface area contributed by atoms with Crippen LogP contribution in [0.25, 0.3) is 21.3 Å². The molecular weight excluding hydrogens is 301 g/mol. The molecule has 1 aliphatic rings. The second-order valence-electron chi connectivity index (χ2n) is 5.13. The van der Waals surface area contributed by atoms with E-state index >= 15 is 0 Å². The summed E-state index contributed by atoms with van der Waals surface area (Å²) in [5.74, 6) is 0.710. The summed E-state index contributed by atoms with van der Waals surface area (Å²) in [4.78, 5) is 12.1. The third-order valence-electron chi connectivity index (χ3n) is 3.82. The van der Waals surface area contributed by atoms with Crippen LogP contribution < -0.4 is 4.90 Å². The molecular formula is C16H14FN3OS. The van der Waals surface area contributed by atoms with E-state index < -0.39 is 0 Å². The summed E-state index contributed by atoms with van der Waals surface area (Å²) in [5.41, 5.74) is 2.04. The molecule has 0 aliphatic carbocycles. The van der Waals surface area contributed by atoms with Crippen molar-refractivity contribution in [1.82, 2.24) is 9.97 Å². The summed E-state index contributed by atoms with van der Waals surface area (Å²) in [6.45, 7) is 3.07. The minimum atomic E-state index is -0.229. The summed E-state index contributed by atoms with van der Waals surface area (Å²) >= 11 is 1.59. The van der Waals surface area contributed by atoms with Crippen molar-refractivity contribution >= 4 is 27.4 Å². The molecule has 0 N–H and O–H groups in total. The van der Waals surface area contributed by atoms with Crippen LogP contribution in [-0.2, 0) is 4.74 Å². The number of anilines is 1. The van der Waals surface area contributed by atoms with Crippen LogP contribution in [0.15, 0.2) is 36.0 Å². The van der Waals surface area contributed by atoms with Crippen LogP contribution in [0.2, 0.25) is 0 Å². The predicted molar refractivity (Wildman–Crippen MR) is 85.8 cm³/mol. The minimum absolute atomic E-state index is 0.229. The number of halogens is 1. The van der Waals surface area contributed by atoms with Crippen LogP contribution in [-0.4, -0.2) is 36.3 Å². The third kappa shape index (κ3) is 2.34. The highest BCUT2D eigenvalue weighted by Crippen LogP contribution is 2.37. The average Bonchev–Trinajstić information content (AvgIpc) is 3.00. The Labute approximate surface area is 131 Å². The predicted octanol–water partition coefficient (Wildman–Crippen LogP) is 3.33. The largest absolute Gasteiger partial charge is 0.378 e. The van der Waals surface area contributed by atoms with Crippen molar-refractivity contribution in [3.05, 3.63) is 41.8 Å². The van der Waals surface area contributed by atoms with Gasteiger partial charge in [-0.15, -0.1) is 11.3 Å². The van der Waals surface area contributed by atoms with E-state index in [1.807, 2.05) is 0 Å². The molecule has 112 valence electrons. The fraction of sp³-hybridized carbons (Fsp3) is 0.250. The first kappa shape index (κ1) is 13.6. The molecule has 6 heteroatoms. The average molecular weight is 315 g/mol. The maximum atomic E-state index is 13.2. The van der Waals surface area contributed by atoms with E-state index in [0.717, 1.165) is 40.3 Å². The summed E-state index contributed by atoms with van der Waals surface area (Å²) in [7, 11) is 0. The maximum Gasteiger partial charge on any atom is 0.141 e. The normalized spacial score (nSPS) is 15.4. The Morgan fingerprint density at radius 2 is 1.86 bits per heavy atom. The van der Waals surface area contributed by atoms with E-state index in [0.29, 0.717) is 13.2 Å². The molecule has 0 bridgehead atoms. The van der Waals surface area contributed by atoms with Gasteiger partial charge in [0, 0.05) is 24.0 Å². The number of benzene rings is 1. The molecule has 2 aromatic heterocycles. The summed E-state index contributed by atoms with van der Waals surface area (Å²) in [5, 5.41) is 3.11. The van der Waals surface area contributed by atoms with Gasteiger partial charge in [-0.2, -0.15) is 0 Å². The first-order valence-corrected chi connectivity index (χ1v) is 8.02. The van der Waals surface area contributed by atoms with Gasteiger partial charge in [0.15, 0.2) is 0 Å².